The Bertz CT molecular complexity index is 905. The van der Waals surface area contributed by atoms with Crippen molar-refractivity contribution in [1.29, 1.82) is 0 Å². The molecular formula is C49H96O11. The number of aliphatic hydroxyl groups is 7. The lowest BCUT2D eigenvalue weighted by Crippen LogP contribution is -2.64. The Labute approximate surface area is 366 Å². The Kier molecular flexibility index (Phi) is 34.2. The summed E-state index contributed by atoms with van der Waals surface area (Å²) < 4.78 is 23.6. The van der Waals surface area contributed by atoms with E-state index in [0.717, 1.165) is 38.5 Å². The van der Waals surface area contributed by atoms with Crippen molar-refractivity contribution in [3.63, 3.8) is 0 Å². The zero-order valence-electron chi connectivity index (χ0n) is 38.6. The highest BCUT2D eigenvalue weighted by Gasteiger charge is 2.51. The number of ether oxygens (including phenoxy) is 4. The van der Waals surface area contributed by atoms with E-state index in [1.807, 2.05) is 0 Å². The monoisotopic (exact) mass is 861 g/mol. The summed E-state index contributed by atoms with van der Waals surface area (Å²) in [6, 6.07) is 0. The minimum absolute atomic E-state index is 0.183. The van der Waals surface area contributed by atoms with Gasteiger partial charge in [0.25, 0.3) is 0 Å². The minimum atomic E-state index is -1.70. The zero-order valence-corrected chi connectivity index (χ0v) is 38.6. The summed E-state index contributed by atoms with van der Waals surface area (Å²) in [5.74, 6) is 0. The molecule has 60 heavy (non-hydrogen) atoms. The SMILES string of the molecule is CCCCCCCCCCCCCCCCCCC(CCCCCCCCCCCCCCCCCC)O[C@@H]1O[C@H](CO)[C@H](O[C@H]2O[C@H](CO)[C@@H](O)[C@H](O)[C@H]2O)[C@H](O)[C@H]1O. The Hall–Kier alpha value is -0.440. The topological polar surface area (TPSA) is 179 Å². The fourth-order valence-electron chi connectivity index (χ4n) is 8.98. The molecule has 0 bridgehead atoms. The third kappa shape index (κ3) is 24.0. The van der Waals surface area contributed by atoms with Gasteiger partial charge in [-0.15, -0.1) is 0 Å². The summed E-state index contributed by atoms with van der Waals surface area (Å²) >= 11 is 0. The second-order valence-electron chi connectivity index (χ2n) is 18.4. The molecule has 0 amide bonds. The molecule has 2 saturated heterocycles. The first-order valence-corrected chi connectivity index (χ1v) is 25.5. The summed E-state index contributed by atoms with van der Waals surface area (Å²) in [6.07, 6.45) is 28.7. The van der Waals surface area contributed by atoms with Crippen molar-refractivity contribution >= 4 is 0 Å². The first-order chi connectivity index (χ1) is 29.3. The van der Waals surface area contributed by atoms with E-state index in [1.54, 1.807) is 0 Å². The van der Waals surface area contributed by atoms with Crippen LogP contribution in [0.25, 0.3) is 0 Å². The highest BCUT2D eigenvalue weighted by atomic mass is 16.7. The van der Waals surface area contributed by atoms with Gasteiger partial charge in [0, 0.05) is 0 Å². The summed E-state index contributed by atoms with van der Waals surface area (Å²) in [5.41, 5.74) is 0. The fraction of sp³-hybridized carbons (Fsp3) is 1.00. The molecule has 2 rings (SSSR count). The molecule has 0 spiro atoms. The molecule has 10 atom stereocenters. The average molecular weight is 861 g/mol. The van der Waals surface area contributed by atoms with Crippen LogP contribution in [0.2, 0.25) is 0 Å². The fourth-order valence-corrected chi connectivity index (χ4v) is 8.98. The van der Waals surface area contributed by atoms with Crippen LogP contribution >= 0.6 is 0 Å². The molecule has 2 aliphatic rings. The third-order valence-corrected chi connectivity index (χ3v) is 13.0. The smallest absolute Gasteiger partial charge is 0.187 e. The average Bonchev–Trinajstić information content (AvgIpc) is 3.25. The molecule has 0 aromatic rings. The number of unbranched alkanes of at least 4 members (excludes halogenated alkanes) is 30. The molecule has 358 valence electrons. The summed E-state index contributed by atoms with van der Waals surface area (Å²) in [4.78, 5) is 0. The maximum atomic E-state index is 11.2. The second-order valence-corrected chi connectivity index (χ2v) is 18.4. The van der Waals surface area contributed by atoms with Crippen LogP contribution in [0.5, 0.6) is 0 Å². The number of hydrogen-bond acceptors (Lipinski definition) is 11. The van der Waals surface area contributed by atoms with Crippen molar-refractivity contribution in [2.75, 3.05) is 13.2 Å². The van der Waals surface area contributed by atoms with E-state index in [9.17, 15) is 35.7 Å². The van der Waals surface area contributed by atoms with Gasteiger partial charge >= 0.3 is 0 Å². The van der Waals surface area contributed by atoms with Crippen LogP contribution in [0.3, 0.4) is 0 Å². The number of hydrogen-bond donors (Lipinski definition) is 7. The van der Waals surface area contributed by atoms with Crippen LogP contribution in [0.15, 0.2) is 0 Å². The van der Waals surface area contributed by atoms with E-state index in [1.165, 1.54) is 180 Å². The first-order valence-electron chi connectivity index (χ1n) is 25.5. The van der Waals surface area contributed by atoms with Crippen LogP contribution in [0.1, 0.15) is 232 Å². The highest BCUT2D eigenvalue weighted by Crippen LogP contribution is 2.31. The van der Waals surface area contributed by atoms with Crippen LogP contribution in [0.4, 0.5) is 0 Å². The van der Waals surface area contributed by atoms with Gasteiger partial charge in [-0.25, -0.2) is 0 Å². The molecule has 7 N–H and O–H groups in total. The van der Waals surface area contributed by atoms with E-state index >= 15 is 0 Å². The maximum absolute atomic E-state index is 11.2. The van der Waals surface area contributed by atoms with Gasteiger partial charge in [0.15, 0.2) is 12.6 Å². The minimum Gasteiger partial charge on any atom is -0.394 e. The molecule has 2 aliphatic heterocycles. The lowest BCUT2D eigenvalue weighted by molar-refractivity contribution is -0.363. The van der Waals surface area contributed by atoms with E-state index in [4.69, 9.17) is 18.9 Å². The van der Waals surface area contributed by atoms with Gasteiger partial charge in [0.1, 0.15) is 48.8 Å². The molecule has 11 nitrogen and oxygen atoms in total. The Balaban J connectivity index is 1.76. The molecule has 2 heterocycles. The van der Waals surface area contributed by atoms with Gasteiger partial charge in [-0.3, -0.25) is 0 Å². The van der Waals surface area contributed by atoms with Gasteiger partial charge in [-0.05, 0) is 12.8 Å². The van der Waals surface area contributed by atoms with Gasteiger partial charge in [-0.2, -0.15) is 0 Å². The van der Waals surface area contributed by atoms with Crippen molar-refractivity contribution in [2.45, 2.75) is 300 Å². The predicted molar refractivity (Wildman–Crippen MR) is 240 cm³/mol. The zero-order chi connectivity index (χ0) is 43.6. The van der Waals surface area contributed by atoms with Crippen molar-refractivity contribution < 1.29 is 54.7 Å². The van der Waals surface area contributed by atoms with Gasteiger partial charge in [0.2, 0.25) is 0 Å². The molecule has 0 aromatic carbocycles. The lowest BCUT2D eigenvalue weighted by atomic mass is 9.96. The predicted octanol–water partition coefficient (Wildman–Crippen LogP) is 9.30. The van der Waals surface area contributed by atoms with Crippen LogP contribution in [-0.2, 0) is 18.9 Å². The van der Waals surface area contributed by atoms with E-state index in [0.29, 0.717) is 0 Å². The normalized spacial score (nSPS) is 27.3. The summed E-state index contributed by atoms with van der Waals surface area (Å²) in [6.45, 7) is 3.32. The molecule has 0 radical (unpaired) electrons. The van der Waals surface area contributed by atoms with Crippen molar-refractivity contribution in [3.05, 3.63) is 0 Å². The van der Waals surface area contributed by atoms with E-state index < -0.39 is 74.6 Å². The van der Waals surface area contributed by atoms with Crippen molar-refractivity contribution in [1.82, 2.24) is 0 Å². The molecule has 0 aromatic heterocycles. The Morgan fingerprint density at radius 1 is 0.367 bits per heavy atom. The number of aliphatic hydroxyl groups excluding tert-OH is 7. The Morgan fingerprint density at radius 3 is 1.03 bits per heavy atom. The highest BCUT2D eigenvalue weighted by molar-refractivity contribution is 4.94. The van der Waals surface area contributed by atoms with Gasteiger partial charge in [-0.1, -0.05) is 219 Å². The van der Waals surface area contributed by atoms with Crippen LogP contribution in [0, 0.1) is 0 Å². The van der Waals surface area contributed by atoms with Crippen LogP contribution < -0.4 is 0 Å². The largest absolute Gasteiger partial charge is 0.394 e. The molecule has 0 aliphatic carbocycles. The molecule has 11 heteroatoms. The van der Waals surface area contributed by atoms with Crippen molar-refractivity contribution in [2.24, 2.45) is 0 Å². The quantitative estimate of drug-likeness (QED) is 0.0292. The molecule has 0 unspecified atom stereocenters. The standard InChI is InChI=1S/C49H96O11/c1-3-5-7-9-11-13-15-17-19-21-23-25-27-29-31-33-35-39(36-34-32-30-28-26-24-22-20-18-16-14-12-10-8-6-4-2)57-48-46(56)44(54)47(41(38-51)59-48)60-49-45(55)43(53)42(52)40(37-50)58-49/h39-56H,3-38H2,1-2H3/t40-,41-,42-,43+,44-,45-,46-,47+,48-,49-/m1/s1. The Morgan fingerprint density at radius 2 is 0.683 bits per heavy atom. The second kappa shape index (κ2) is 36.9. The van der Waals surface area contributed by atoms with Crippen LogP contribution in [-0.4, -0.2) is 116 Å². The third-order valence-electron chi connectivity index (χ3n) is 13.0. The lowest BCUT2D eigenvalue weighted by Gasteiger charge is -2.46. The molecule has 2 fully saturated rings. The van der Waals surface area contributed by atoms with Gasteiger partial charge in [0.05, 0.1) is 19.3 Å². The molecular weight excluding hydrogens is 765 g/mol. The van der Waals surface area contributed by atoms with E-state index in [-0.39, 0.29) is 6.10 Å². The summed E-state index contributed by atoms with van der Waals surface area (Å²) in [7, 11) is 0. The first kappa shape index (κ1) is 55.7. The van der Waals surface area contributed by atoms with Gasteiger partial charge < -0.3 is 54.7 Å². The number of rotatable bonds is 40. The molecule has 0 saturated carbocycles. The maximum Gasteiger partial charge on any atom is 0.187 e. The van der Waals surface area contributed by atoms with Crippen molar-refractivity contribution in [3.8, 4) is 0 Å². The van der Waals surface area contributed by atoms with E-state index in [2.05, 4.69) is 13.8 Å². The summed E-state index contributed by atoms with van der Waals surface area (Å²) in [5, 5.41) is 73.0.